The molecule has 0 aliphatic rings. The van der Waals surface area contributed by atoms with Crippen molar-refractivity contribution in [3.8, 4) is 17.1 Å². The van der Waals surface area contributed by atoms with Crippen molar-refractivity contribution in [2.75, 3.05) is 25.6 Å². The fourth-order valence-electron chi connectivity index (χ4n) is 2.54. The van der Waals surface area contributed by atoms with Crippen molar-refractivity contribution in [3.05, 3.63) is 59.9 Å². The van der Waals surface area contributed by atoms with Crippen LogP contribution in [0.1, 0.15) is 22.6 Å². The molecule has 4 N–H and O–H groups in total. The van der Waals surface area contributed by atoms with Crippen LogP contribution in [0.4, 0.5) is 5.69 Å². The number of anilines is 1. The molecule has 0 saturated heterocycles. The second kappa shape index (κ2) is 9.63. The third-order valence-corrected chi connectivity index (χ3v) is 3.98. The summed E-state index contributed by atoms with van der Waals surface area (Å²) in [5.74, 6) is 1.63. The van der Waals surface area contributed by atoms with Crippen LogP contribution in [-0.2, 0) is 11.3 Å². The lowest BCUT2D eigenvalue weighted by molar-refractivity contribution is 0.102. The van der Waals surface area contributed by atoms with Crippen molar-refractivity contribution in [3.63, 3.8) is 0 Å². The van der Waals surface area contributed by atoms with Gasteiger partial charge in [-0.1, -0.05) is 6.07 Å². The molecule has 0 radical (unpaired) electrons. The number of nitrogens with two attached hydrogens (primary N) is 1. The number of hydrogen-bond donors (Lipinski definition) is 3. The minimum atomic E-state index is -0.210. The molecule has 0 aliphatic heterocycles. The second-order valence-corrected chi connectivity index (χ2v) is 6.06. The molecule has 0 unspecified atom stereocenters. The largest absolute Gasteiger partial charge is 0.493 e. The highest BCUT2D eigenvalue weighted by atomic mass is 16.5. The molecule has 0 fully saturated rings. The molecular weight excluding hydrogens is 358 g/mol. The number of methoxy groups -OCH3 is 1. The summed E-state index contributed by atoms with van der Waals surface area (Å²) in [6.45, 7) is 1.47. The molecule has 3 rings (SSSR count). The fraction of sp³-hybridized carbons (Fsp3) is 0.250. The molecule has 8 nitrogen and oxygen atoms in total. The third-order valence-electron chi connectivity index (χ3n) is 3.98. The monoisotopic (exact) mass is 381 g/mol. The highest BCUT2D eigenvalue weighted by Crippen LogP contribution is 2.19. The van der Waals surface area contributed by atoms with Gasteiger partial charge < -0.3 is 20.5 Å². The van der Waals surface area contributed by atoms with Crippen molar-refractivity contribution in [1.29, 1.82) is 0 Å². The zero-order valence-corrected chi connectivity index (χ0v) is 15.6. The van der Waals surface area contributed by atoms with Crippen molar-refractivity contribution >= 4 is 11.6 Å². The van der Waals surface area contributed by atoms with Crippen LogP contribution in [0, 0.1) is 0 Å². The Labute approximate surface area is 163 Å². The molecule has 3 aromatic rings. The highest BCUT2D eigenvalue weighted by molar-refractivity contribution is 6.04. The van der Waals surface area contributed by atoms with E-state index in [2.05, 4.69) is 20.5 Å². The minimum Gasteiger partial charge on any atom is -0.493 e. The van der Waals surface area contributed by atoms with Crippen molar-refractivity contribution in [2.45, 2.75) is 13.0 Å². The lowest BCUT2D eigenvalue weighted by Crippen LogP contribution is -2.12. The summed E-state index contributed by atoms with van der Waals surface area (Å²) < 4.78 is 10.6. The summed E-state index contributed by atoms with van der Waals surface area (Å²) in [6.07, 6.45) is 0.789. The molecule has 0 saturated carbocycles. The first kappa shape index (κ1) is 19.5. The number of carbonyl (C=O) groups excluding carboxylic acids is 1. The number of amides is 1. The number of aromatic amines is 1. The lowest BCUT2D eigenvalue weighted by Gasteiger charge is -2.09. The van der Waals surface area contributed by atoms with Gasteiger partial charge in [0.15, 0.2) is 5.82 Å². The van der Waals surface area contributed by atoms with Gasteiger partial charge in [0.1, 0.15) is 11.6 Å². The average molecular weight is 381 g/mol. The fourth-order valence-corrected chi connectivity index (χ4v) is 2.54. The van der Waals surface area contributed by atoms with Crippen LogP contribution in [0.15, 0.2) is 48.5 Å². The zero-order valence-electron chi connectivity index (χ0n) is 15.6. The van der Waals surface area contributed by atoms with E-state index in [1.54, 1.807) is 37.4 Å². The molecule has 146 valence electrons. The van der Waals surface area contributed by atoms with Gasteiger partial charge in [-0.05, 0) is 42.5 Å². The van der Waals surface area contributed by atoms with E-state index >= 15 is 0 Å². The third kappa shape index (κ3) is 5.15. The smallest absolute Gasteiger partial charge is 0.255 e. The normalized spacial score (nSPS) is 10.6. The molecule has 2 aromatic carbocycles. The Morgan fingerprint density at radius 1 is 1.18 bits per heavy atom. The number of ether oxygens (including phenoxy) is 2. The van der Waals surface area contributed by atoms with Crippen LogP contribution in [0.25, 0.3) is 11.4 Å². The summed E-state index contributed by atoms with van der Waals surface area (Å²) >= 11 is 0. The number of hydrogen-bond acceptors (Lipinski definition) is 6. The van der Waals surface area contributed by atoms with Gasteiger partial charge in [0.25, 0.3) is 5.91 Å². The lowest BCUT2D eigenvalue weighted by atomic mass is 10.1. The first-order valence-corrected chi connectivity index (χ1v) is 8.94. The Balaban J connectivity index is 1.61. The van der Waals surface area contributed by atoms with E-state index in [0.717, 1.165) is 12.0 Å². The number of nitrogens with one attached hydrogen (secondary N) is 2. The number of H-pyrrole nitrogens is 1. The summed E-state index contributed by atoms with van der Waals surface area (Å²) in [4.78, 5) is 16.8. The first-order valence-electron chi connectivity index (χ1n) is 8.94. The molecule has 28 heavy (non-hydrogen) atoms. The summed E-state index contributed by atoms with van der Waals surface area (Å²) in [7, 11) is 1.65. The zero-order chi connectivity index (χ0) is 19.8. The Morgan fingerprint density at radius 2 is 2.00 bits per heavy atom. The molecule has 8 heteroatoms. The van der Waals surface area contributed by atoms with Gasteiger partial charge in [0.2, 0.25) is 0 Å². The predicted octanol–water partition coefficient (Wildman–Crippen LogP) is 2.60. The van der Waals surface area contributed by atoms with Crippen LogP contribution in [0.5, 0.6) is 5.75 Å². The van der Waals surface area contributed by atoms with E-state index in [4.69, 9.17) is 15.2 Å². The number of benzene rings is 2. The quantitative estimate of drug-likeness (QED) is 0.491. The van der Waals surface area contributed by atoms with Gasteiger partial charge in [-0.3, -0.25) is 9.89 Å². The Morgan fingerprint density at radius 3 is 2.71 bits per heavy atom. The highest BCUT2D eigenvalue weighted by Gasteiger charge is 2.09. The van der Waals surface area contributed by atoms with Crippen molar-refractivity contribution in [1.82, 2.24) is 15.2 Å². The minimum absolute atomic E-state index is 0.210. The number of carbonyl (C=O) groups is 1. The Hall–Kier alpha value is -3.23. The average Bonchev–Trinajstić information content (AvgIpc) is 3.21. The van der Waals surface area contributed by atoms with E-state index < -0.39 is 0 Å². The molecule has 0 spiro atoms. The number of rotatable bonds is 9. The van der Waals surface area contributed by atoms with Gasteiger partial charge in [0, 0.05) is 37.0 Å². The van der Waals surface area contributed by atoms with E-state index in [9.17, 15) is 4.79 Å². The van der Waals surface area contributed by atoms with Crippen LogP contribution >= 0.6 is 0 Å². The van der Waals surface area contributed by atoms with Gasteiger partial charge >= 0.3 is 0 Å². The van der Waals surface area contributed by atoms with E-state index in [-0.39, 0.29) is 5.91 Å². The Kier molecular flexibility index (Phi) is 6.72. The van der Waals surface area contributed by atoms with E-state index in [0.29, 0.717) is 48.4 Å². The molecule has 0 atom stereocenters. The molecule has 1 amide bonds. The molecule has 0 bridgehead atoms. The maximum Gasteiger partial charge on any atom is 0.255 e. The van der Waals surface area contributed by atoms with Gasteiger partial charge in [-0.15, -0.1) is 0 Å². The Bertz CT molecular complexity index is 908. The maximum atomic E-state index is 12.5. The first-order chi connectivity index (χ1) is 13.7. The second-order valence-electron chi connectivity index (χ2n) is 6.06. The standard InChI is InChI=1S/C20H23N5O3/c1-27-10-3-11-28-17-5-2-4-15(12-17)20(26)22-16-8-6-14(7-9-16)19-23-18(13-21)24-25-19/h2,4-9,12H,3,10-11,13,21H2,1H3,(H,22,26)(H,23,24,25). The van der Waals surface area contributed by atoms with Crippen molar-refractivity contribution < 1.29 is 14.3 Å². The number of aromatic nitrogens is 3. The molecular formula is C20H23N5O3. The molecule has 1 heterocycles. The van der Waals surface area contributed by atoms with Crippen LogP contribution in [-0.4, -0.2) is 41.4 Å². The SMILES string of the molecule is COCCCOc1cccc(C(=O)Nc2ccc(-c3n[nH]c(CN)n3)cc2)c1. The molecule has 0 aliphatic carbocycles. The van der Waals surface area contributed by atoms with Crippen molar-refractivity contribution in [2.24, 2.45) is 5.73 Å². The van der Waals surface area contributed by atoms with Gasteiger partial charge in [-0.25, -0.2) is 4.98 Å². The van der Waals surface area contributed by atoms with Crippen LogP contribution in [0.2, 0.25) is 0 Å². The van der Waals surface area contributed by atoms with Crippen LogP contribution in [0.3, 0.4) is 0 Å². The topological polar surface area (TPSA) is 115 Å². The predicted molar refractivity (Wildman–Crippen MR) is 106 cm³/mol. The summed E-state index contributed by atoms with van der Waals surface area (Å²) in [5.41, 5.74) is 7.56. The van der Waals surface area contributed by atoms with E-state index in [1.165, 1.54) is 0 Å². The maximum absolute atomic E-state index is 12.5. The summed E-state index contributed by atoms with van der Waals surface area (Å²) in [6, 6.07) is 14.4. The summed E-state index contributed by atoms with van der Waals surface area (Å²) in [5, 5.41) is 9.76. The van der Waals surface area contributed by atoms with Gasteiger partial charge in [-0.2, -0.15) is 5.10 Å². The van der Waals surface area contributed by atoms with E-state index in [1.807, 2.05) is 18.2 Å². The number of nitrogens with zero attached hydrogens (tertiary/aromatic N) is 2. The van der Waals surface area contributed by atoms with Gasteiger partial charge in [0.05, 0.1) is 13.2 Å². The molecule has 1 aromatic heterocycles. The van der Waals surface area contributed by atoms with Crippen LogP contribution < -0.4 is 15.8 Å².